The van der Waals surface area contributed by atoms with Crippen molar-refractivity contribution in [3.05, 3.63) is 65.2 Å². The van der Waals surface area contributed by atoms with Gasteiger partial charge in [-0.25, -0.2) is 4.63 Å². The minimum atomic E-state index is -0.239. The third kappa shape index (κ3) is 3.20. The highest BCUT2D eigenvalue weighted by molar-refractivity contribution is 6.05. The van der Waals surface area contributed by atoms with Crippen LogP contribution in [0.4, 0.5) is 5.82 Å². The zero-order valence-electron chi connectivity index (χ0n) is 13.7. The number of nitrogens with zero attached hydrogens (tertiary/aromatic N) is 2. The first-order valence-corrected chi connectivity index (χ1v) is 8.04. The first kappa shape index (κ1) is 15.9. The van der Waals surface area contributed by atoms with Crippen LogP contribution in [0.25, 0.3) is 11.3 Å². The topological polar surface area (TPSA) is 68.0 Å². The number of hydrogen-bond donors (Lipinski definition) is 1. The molecule has 0 aliphatic carbocycles. The van der Waals surface area contributed by atoms with E-state index in [0.717, 1.165) is 24.0 Å². The number of hydrogen-bond acceptors (Lipinski definition) is 4. The third-order valence-corrected chi connectivity index (χ3v) is 3.97. The Kier molecular flexibility index (Phi) is 4.70. The molecule has 0 bridgehead atoms. The molecule has 1 aromatic heterocycles. The molecule has 0 spiro atoms. The Labute approximate surface area is 140 Å². The van der Waals surface area contributed by atoms with Gasteiger partial charge in [0.15, 0.2) is 5.69 Å². The van der Waals surface area contributed by atoms with E-state index in [4.69, 9.17) is 4.63 Å². The summed E-state index contributed by atoms with van der Waals surface area (Å²) in [6.07, 6.45) is 1.78. The van der Waals surface area contributed by atoms with Crippen molar-refractivity contribution in [2.45, 2.75) is 26.7 Å². The Hall–Kier alpha value is -2.95. The average molecular weight is 321 g/mol. The molecule has 1 N–H and O–H groups in total. The molecule has 0 unspecified atom stereocenters. The lowest BCUT2D eigenvalue weighted by atomic mass is 9.98. The molecule has 2 aromatic carbocycles. The Bertz CT molecular complexity index is 841. The molecule has 3 aromatic rings. The van der Waals surface area contributed by atoms with Gasteiger partial charge in [-0.2, -0.15) is 0 Å². The predicted octanol–water partition coefficient (Wildman–Crippen LogP) is 4.11. The molecule has 0 aliphatic heterocycles. The maximum Gasteiger partial charge on any atom is 0.256 e. The largest absolute Gasteiger partial charge is 0.302 e. The number of aryl methyl sites for hydroxylation is 2. The van der Waals surface area contributed by atoms with Crippen molar-refractivity contribution in [1.29, 1.82) is 0 Å². The SMILES string of the molecule is CCc1ccc(CC)c(-c2nonc2NC(=O)c2ccccc2)c1. The molecule has 24 heavy (non-hydrogen) atoms. The number of carbonyl (C=O) groups excluding carboxylic acids is 1. The Balaban J connectivity index is 1.95. The molecule has 0 saturated heterocycles. The van der Waals surface area contributed by atoms with E-state index < -0.39 is 0 Å². The zero-order chi connectivity index (χ0) is 16.9. The van der Waals surface area contributed by atoms with Crippen LogP contribution in [0, 0.1) is 0 Å². The summed E-state index contributed by atoms with van der Waals surface area (Å²) in [6, 6.07) is 15.3. The summed E-state index contributed by atoms with van der Waals surface area (Å²) in [5, 5.41) is 10.7. The molecule has 3 rings (SSSR count). The number of rotatable bonds is 5. The highest BCUT2D eigenvalue weighted by atomic mass is 16.6. The van der Waals surface area contributed by atoms with Crippen LogP contribution in [0.3, 0.4) is 0 Å². The van der Waals surface area contributed by atoms with Gasteiger partial charge in [-0.15, -0.1) is 0 Å². The van der Waals surface area contributed by atoms with Gasteiger partial charge < -0.3 is 5.32 Å². The van der Waals surface area contributed by atoms with E-state index in [9.17, 15) is 4.79 Å². The molecule has 1 heterocycles. The zero-order valence-corrected chi connectivity index (χ0v) is 13.7. The van der Waals surface area contributed by atoms with Gasteiger partial charge in [-0.05, 0) is 52.5 Å². The molecule has 0 aliphatic rings. The summed E-state index contributed by atoms with van der Waals surface area (Å²) >= 11 is 0. The lowest BCUT2D eigenvalue weighted by Crippen LogP contribution is -2.12. The number of benzene rings is 2. The first-order chi connectivity index (χ1) is 11.7. The summed E-state index contributed by atoms with van der Waals surface area (Å²) in [4.78, 5) is 12.4. The smallest absolute Gasteiger partial charge is 0.256 e. The second kappa shape index (κ2) is 7.08. The number of aromatic nitrogens is 2. The summed E-state index contributed by atoms with van der Waals surface area (Å²) in [7, 11) is 0. The molecule has 0 atom stereocenters. The van der Waals surface area contributed by atoms with Gasteiger partial charge in [-0.3, -0.25) is 4.79 Å². The third-order valence-electron chi connectivity index (χ3n) is 3.97. The van der Waals surface area contributed by atoms with Gasteiger partial charge in [0.1, 0.15) is 0 Å². The van der Waals surface area contributed by atoms with Crippen LogP contribution in [0.5, 0.6) is 0 Å². The number of nitrogens with one attached hydrogen (secondary N) is 1. The van der Waals surface area contributed by atoms with Gasteiger partial charge in [0.25, 0.3) is 5.91 Å². The summed E-state index contributed by atoms with van der Waals surface area (Å²) < 4.78 is 4.90. The average Bonchev–Trinajstić information content (AvgIpc) is 3.09. The molecular formula is C19H19N3O2. The van der Waals surface area contributed by atoms with E-state index >= 15 is 0 Å². The van der Waals surface area contributed by atoms with Crippen molar-refractivity contribution in [3.63, 3.8) is 0 Å². The van der Waals surface area contributed by atoms with Crippen LogP contribution in [0.2, 0.25) is 0 Å². The van der Waals surface area contributed by atoms with Crippen LogP contribution >= 0.6 is 0 Å². The first-order valence-electron chi connectivity index (χ1n) is 8.04. The van der Waals surface area contributed by atoms with Gasteiger partial charge in [0.05, 0.1) is 0 Å². The maximum atomic E-state index is 12.4. The van der Waals surface area contributed by atoms with E-state index in [2.05, 4.69) is 47.7 Å². The second-order valence-corrected chi connectivity index (χ2v) is 5.48. The molecule has 5 heteroatoms. The number of carbonyl (C=O) groups is 1. The maximum absolute atomic E-state index is 12.4. The van der Waals surface area contributed by atoms with Gasteiger partial charge >= 0.3 is 0 Å². The fraction of sp³-hybridized carbons (Fsp3) is 0.211. The normalized spacial score (nSPS) is 10.6. The molecule has 0 radical (unpaired) electrons. The molecule has 5 nitrogen and oxygen atoms in total. The standard InChI is InChI=1S/C19H19N3O2/c1-3-13-10-11-14(4-2)16(12-13)17-18(22-24-21-17)20-19(23)15-8-6-5-7-9-15/h5-12H,3-4H2,1-2H3,(H,20,22,23). The number of anilines is 1. The van der Waals surface area contributed by atoms with Gasteiger partial charge in [-0.1, -0.05) is 44.2 Å². The second-order valence-electron chi connectivity index (χ2n) is 5.48. The quantitative estimate of drug-likeness (QED) is 0.767. The van der Waals surface area contributed by atoms with E-state index in [1.807, 2.05) is 18.2 Å². The van der Waals surface area contributed by atoms with E-state index in [1.54, 1.807) is 12.1 Å². The highest BCUT2D eigenvalue weighted by Gasteiger charge is 2.18. The molecule has 0 saturated carbocycles. The Morgan fingerprint density at radius 3 is 2.54 bits per heavy atom. The van der Waals surface area contributed by atoms with Crippen molar-refractivity contribution in [1.82, 2.24) is 10.3 Å². The molecule has 122 valence electrons. The lowest BCUT2D eigenvalue weighted by Gasteiger charge is -2.09. The number of amides is 1. The van der Waals surface area contributed by atoms with Gasteiger partial charge in [0, 0.05) is 11.1 Å². The van der Waals surface area contributed by atoms with Crippen molar-refractivity contribution >= 4 is 11.7 Å². The monoisotopic (exact) mass is 321 g/mol. The van der Waals surface area contributed by atoms with Gasteiger partial charge in [0.2, 0.25) is 5.82 Å². The lowest BCUT2D eigenvalue weighted by molar-refractivity contribution is 0.102. The van der Waals surface area contributed by atoms with E-state index in [-0.39, 0.29) is 5.91 Å². The molecule has 1 amide bonds. The highest BCUT2D eigenvalue weighted by Crippen LogP contribution is 2.29. The van der Waals surface area contributed by atoms with Crippen molar-refractivity contribution in [2.75, 3.05) is 5.32 Å². The van der Waals surface area contributed by atoms with Crippen LogP contribution in [0.15, 0.2) is 53.2 Å². The fourth-order valence-electron chi connectivity index (χ4n) is 2.59. The van der Waals surface area contributed by atoms with Crippen LogP contribution in [0.1, 0.15) is 35.3 Å². The van der Waals surface area contributed by atoms with Crippen molar-refractivity contribution in [3.8, 4) is 11.3 Å². The Morgan fingerprint density at radius 2 is 1.83 bits per heavy atom. The minimum absolute atomic E-state index is 0.239. The van der Waals surface area contributed by atoms with Crippen LogP contribution in [-0.4, -0.2) is 16.2 Å². The Morgan fingerprint density at radius 1 is 1.04 bits per heavy atom. The molecule has 0 fully saturated rings. The fourth-order valence-corrected chi connectivity index (χ4v) is 2.59. The van der Waals surface area contributed by atoms with Crippen LogP contribution < -0.4 is 5.32 Å². The van der Waals surface area contributed by atoms with Crippen LogP contribution in [-0.2, 0) is 12.8 Å². The summed E-state index contributed by atoms with van der Waals surface area (Å²) in [5.41, 5.74) is 4.40. The molecular weight excluding hydrogens is 302 g/mol. The van der Waals surface area contributed by atoms with E-state index in [0.29, 0.717) is 17.1 Å². The van der Waals surface area contributed by atoms with Crippen molar-refractivity contribution in [2.24, 2.45) is 0 Å². The minimum Gasteiger partial charge on any atom is -0.302 e. The predicted molar refractivity (Wildman–Crippen MR) is 92.9 cm³/mol. The van der Waals surface area contributed by atoms with E-state index in [1.165, 1.54) is 5.56 Å². The summed E-state index contributed by atoms with van der Waals surface area (Å²) in [5.74, 6) is 0.101. The van der Waals surface area contributed by atoms with Crippen molar-refractivity contribution < 1.29 is 9.42 Å². The summed E-state index contributed by atoms with van der Waals surface area (Å²) in [6.45, 7) is 4.18.